The van der Waals surface area contributed by atoms with E-state index in [1.54, 1.807) is 30.5 Å². The molecular formula is C13H10FNO2. The molecule has 0 saturated heterocycles. The van der Waals surface area contributed by atoms with Crippen LogP contribution in [0, 0.1) is 5.82 Å². The molecule has 0 radical (unpaired) electrons. The van der Waals surface area contributed by atoms with Crippen molar-refractivity contribution in [3.05, 3.63) is 60.0 Å². The van der Waals surface area contributed by atoms with Gasteiger partial charge in [0.25, 0.3) is 0 Å². The standard InChI is InChI=1S/C13H10FNO2/c14-9-3-4-10-8(6-9)7-12(17-10)13(15)11-2-1-5-16-11/h1-7,13H,15H2. The van der Waals surface area contributed by atoms with Crippen LogP contribution in [0.15, 0.2) is 51.5 Å². The predicted molar refractivity (Wildman–Crippen MR) is 60.9 cm³/mol. The van der Waals surface area contributed by atoms with Crippen LogP contribution in [0.2, 0.25) is 0 Å². The number of halogens is 1. The van der Waals surface area contributed by atoms with E-state index in [4.69, 9.17) is 14.6 Å². The minimum atomic E-state index is -0.472. The van der Waals surface area contributed by atoms with Gasteiger partial charge in [-0.1, -0.05) is 0 Å². The van der Waals surface area contributed by atoms with Gasteiger partial charge in [0, 0.05) is 5.39 Å². The minimum Gasteiger partial charge on any atom is -0.467 e. The first-order valence-corrected chi connectivity index (χ1v) is 5.22. The highest BCUT2D eigenvalue weighted by molar-refractivity contribution is 5.78. The van der Waals surface area contributed by atoms with Gasteiger partial charge < -0.3 is 14.6 Å². The molecule has 0 aliphatic rings. The molecular weight excluding hydrogens is 221 g/mol. The molecule has 2 heterocycles. The molecule has 0 aliphatic carbocycles. The molecule has 0 bridgehead atoms. The average Bonchev–Trinajstić information content (AvgIpc) is 2.96. The summed E-state index contributed by atoms with van der Waals surface area (Å²) in [6.45, 7) is 0. The van der Waals surface area contributed by atoms with E-state index >= 15 is 0 Å². The Morgan fingerprint density at radius 1 is 1.12 bits per heavy atom. The van der Waals surface area contributed by atoms with Gasteiger partial charge in [0.05, 0.1) is 6.26 Å². The summed E-state index contributed by atoms with van der Waals surface area (Å²) in [6.07, 6.45) is 1.55. The third-order valence-corrected chi connectivity index (χ3v) is 2.65. The minimum absolute atomic E-state index is 0.295. The molecule has 0 spiro atoms. The lowest BCUT2D eigenvalue weighted by Crippen LogP contribution is -2.09. The maximum Gasteiger partial charge on any atom is 0.134 e. The molecule has 0 aliphatic heterocycles. The van der Waals surface area contributed by atoms with Gasteiger partial charge in [-0.2, -0.15) is 0 Å². The zero-order valence-corrected chi connectivity index (χ0v) is 8.89. The highest BCUT2D eigenvalue weighted by Gasteiger charge is 2.16. The monoisotopic (exact) mass is 231 g/mol. The first kappa shape index (κ1) is 10.1. The summed E-state index contributed by atoms with van der Waals surface area (Å²) < 4.78 is 23.8. The van der Waals surface area contributed by atoms with Crippen molar-refractivity contribution in [2.24, 2.45) is 5.73 Å². The second-order valence-corrected chi connectivity index (χ2v) is 3.82. The van der Waals surface area contributed by atoms with Crippen molar-refractivity contribution in [2.75, 3.05) is 0 Å². The van der Waals surface area contributed by atoms with Crippen molar-refractivity contribution in [3.8, 4) is 0 Å². The summed E-state index contributed by atoms with van der Waals surface area (Å²) in [5.41, 5.74) is 6.60. The van der Waals surface area contributed by atoms with Crippen molar-refractivity contribution in [3.63, 3.8) is 0 Å². The highest BCUT2D eigenvalue weighted by atomic mass is 19.1. The summed E-state index contributed by atoms with van der Waals surface area (Å²) in [5, 5.41) is 0.696. The molecule has 4 heteroatoms. The Balaban J connectivity index is 2.06. The molecule has 1 aromatic carbocycles. The van der Waals surface area contributed by atoms with Crippen molar-refractivity contribution in [2.45, 2.75) is 6.04 Å². The molecule has 1 unspecified atom stereocenters. The van der Waals surface area contributed by atoms with Crippen LogP contribution < -0.4 is 5.73 Å². The average molecular weight is 231 g/mol. The molecule has 2 N–H and O–H groups in total. The molecule has 3 nitrogen and oxygen atoms in total. The molecule has 0 saturated carbocycles. The van der Waals surface area contributed by atoms with E-state index in [2.05, 4.69) is 0 Å². The van der Waals surface area contributed by atoms with Crippen LogP contribution in [-0.4, -0.2) is 0 Å². The Kier molecular flexibility index (Phi) is 2.23. The van der Waals surface area contributed by atoms with Gasteiger partial charge in [-0.3, -0.25) is 0 Å². The highest BCUT2D eigenvalue weighted by Crippen LogP contribution is 2.27. The van der Waals surface area contributed by atoms with E-state index < -0.39 is 6.04 Å². The topological polar surface area (TPSA) is 52.3 Å². The summed E-state index contributed by atoms with van der Waals surface area (Å²) in [6, 6.07) is 9.15. The summed E-state index contributed by atoms with van der Waals surface area (Å²) >= 11 is 0. The molecule has 3 rings (SSSR count). The zero-order chi connectivity index (χ0) is 11.8. The van der Waals surface area contributed by atoms with E-state index in [0.717, 1.165) is 0 Å². The van der Waals surface area contributed by atoms with Gasteiger partial charge in [-0.25, -0.2) is 4.39 Å². The van der Waals surface area contributed by atoms with Crippen molar-refractivity contribution < 1.29 is 13.2 Å². The zero-order valence-electron chi connectivity index (χ0n) is 8.89. The SMILES string of the molecule is NC(c1ccco1)c1cc2cc(F)ccc2o1. The lowest BCUT2D eigenvalue weighted by molar-refractivity contribution is 0.445. The summed E-state index contributed by atoms with van der Waals surface area (Å²) in [7, 11) is 0. The van der Waals surface area contributed by atoms with Crippen LogP contribution in [0.25, 0.3) is 11.0 Å². The number of furan rings is 2. The summed E-state index contributed by atoms with van der Waals surface area (Å²) in [4.78, 5) is 0. The van der Waals surface area contributed by atoms with Crippen LogP contribution in [0.5, 0.6) is 0 Å². The van der Waals surface area contributed by atoms with Gasteiger partial charge in [0.15, 0.2) is 0 Å². The van der Waals surface area contributed by atoms with Crippen molar-refractivity contribution >= 4 is 11.0 Å². The summed E-state index contributed by atoms with van der Waals surface area (Å²) in [5.74, 6) is 0.876. The van der Waals surface area contributed by atoms with Gasteiger partial charge >= 0.3 is 0 Å². The molecule has 1 atom stereocenters. The number of fused-ring (bicyclic) bond motifs is 1. The van der Waals surface area contributed by atoms with E-state index in [9.17, 15) is 4.39 Å². The quantitative estimate of drug-likeness (QED) is 0.736. The number of hydrogen-bond donors (Lipinski definition) is 1. The Labute approximate surface area is 96.6 Å². The number of benzene rings is 1. The first-order valence-electron chi connectivity index (χ1n) is 5.22. The normalized spacial score (nSPS) is 13.1. The van der Waals surface area contributed by atoms with E-state index in [0.29, 0.717) is 22.5 Å². The molecule has 3 aromatic rings. The third-order valence-electron chi connectivity index (χ3n) is 2.65. The first-order chi connectivity index (χ1) is 8.24. The molecule has 2 aromatic heterocycles. The molecule has 0 amide bonds. The lowest BCUT2D eigenvalue weighted by atomic mass is 10.1. The molecule has 0 fully saturated rings. The number of rotatable bonds is 2. The Hall–Kier alpha value is -2.07. The Morgan fingerprint density at radius 3 is 2.76 bits per heavy atom. The van der Waals surface area contributed by atoms with Gasteiger partial charge in [0.2, 0.25) is 0 Å². The van der Waals surface area contributed by atoms with Gasteiger partial charge in [-0.15, -0.1) is 0 Å². The fourth-order valence-electron chi connectivity index (χ4n) is 1.80. The van der Waals surface area contributed by atoms with Crippen molar-refractivity contribution in [1.82, 2.24) is 0 Å². The van der Waals surface area contributed by atoms with Gasteiger partial charge in [0.1, 0.15) is 29.0 Å². The van der Waals surface area contributed by atoms with E-state index in [-0.39, 0.29) is 5.82 Å². The van der Waals surface area contributed by atoms with Crippen LogP contribution >= 0.6 is 0 Å². The smallest absolute Gasteiger partial charge is 0.134 e. The van der Waals surface area contributed by atoms with E-state index in [1.165, 1.54) is 12.1 Å². The number of hydrogen-bond acceptors (Lipinski definition) is 3. The Bertz CT molecular complexity index is 643. The maximum absolute atomic E-state index is 13.0. The van der Waals surface area contributed by atoms with Crippen LogP contribution in [-0.2, 0) is 0 Å². The predicted octanol–water partition coefficient (Wildman–Crippen LogP) is 3.21. The van der Waals surface area contributed by atoms with E-state index in [1.807, 2.05) is 0 Å². The van der Waals surface area contributed by atoms with Crippen LogP contribution in [0.1, 0.15) is 17.6 Å². The lowest BCUT2D eigenvalue weighted by Gasteiger charge is -2.03. The largest absolute Gasteiger partial charge is 0.467 e. The van der Waals surface area contributed by atoms with Crippen molar-refractivity contribution in [1.29, 1.82) is 0 Å². The maximum atomic E-state index is 13.0. The fraction of sp³-hybridized carbons (Fsp3) is 0.0769. The van der Waals surface area contributed by atoms with Gasteiger partial charge in [-0.05, 0) is 36.4 Å². The fourth-order valence-corrected chi connectivity index (χ4v) is 1.80. The second kappa shape index (κ2) is 3.75. The number of nitrogens with two attached hydrogens (primary N) is 1. The second-order valence-electron chi connectivity index (χ2n) is 3.82. The Morgan fingerprint density at radius 2 is 2.00 bits per heavy atom. The molecule has 86 valence electrons. The van der Waals surface area contributed by atoms with Crippen LogP contribution in [0.3, 0.4) is 0 Å². The molecule has 17 heavy (non-hydrogen) atoms. The third kappa shape index (κ3) is 1.72. The van der Waals surface area contributed by atoms with Crippen LogP contribution in [0.4, 0.5) is 4.39 Å².